The number of carbonyl (C=O) groups excluding carboxylic acids is 10. The molecule has 474 valence electrons. The van der Waals surface area contributed by atoms with Crippen LogP contribution in [0, 0.1) is 5.92 Å². The predicted octanol–water partition coefficient (Wildman–Crippen LogP) is -1.40. The molecule has 30 heteroatoms. The van der Waals surface area contributed by atoms with Crippen molar-refractivity contribution in [2.24, 2.45) is 23.1 Å². The van der Waals surface area contributed by atoms with Crippen LogP contribution in [0.5, 0.6) is 5.75 Å². The number of aliphatic carboxylic acids is 3. The minimum atomic E-state index is -2.03. The van der Waals surface area contributed by atoms with Gasteiger partial charge >= 0.3 is 17.9 Å². The number of aromatic nitrogens is 2. The molecule has 0 aliphatic heterocycles. The molecule has 0 spiro atoms. The molecule has 0 bridgehead atoms. The number of hydrogen-bond acceptors (Lipinski definition) is 16. The number of nitrogens with two attached hydrogens (primary N) is 3. The second-order valence-corrected chi connectivity index (χ2v) is 21.6. The van der Waals surface area contributed by atoms with E-state index in [2.05, 4.69) is 65.7 Å². The van der Waals surface area contributed by atoms with Crippen molar-refractivity contribution in [1.29, 1.82) is 0 Å². The molecule has 0 saturated carbocycles. The Morgan fingerprint density at radius 2 is 1.05 bits per heavy atom. The first kappa shape index (κ1) is 72.9. The molecule has 10 amide bonds. The van der Waals surface area contributed by atoms with Crippen LogP contribution >= 0.6 is 0 Å². The Morgan fingerprint density at radius 1 is 0.593 bits per heavy atom. The highest BCUT2D eigenvalue weighted by atomic mass is 16.4. The lowest BCUT2D eigenvalue weighted by molar-refractivity contribution is -0.142. The van der Waals surface area contributed by atoms with Crippen molar-refractivity contribution in [1.82, 2.24) is 52.5 Å². The number of nitrogens with zero attached hydrogens (tertiary/aromatic N) is 1. The van der Waals surface area contributed by atoms with Crippen molar-refractivity contribution in [2.75, 3.05) is 0 Å². The van der Waals surface area contributed by atoms with Gasteiger partial charge in [0.1, 0.15) is 53.1 Å². The molecule has 0 aliphatic carbocycles. The average molecular weight is 1210 g/mol. The Balaban J connectivity index is 2.55. The molecule has 0 unspecified atom stereocenters. The lowest BCUT2D eigenvalue weighted by Crippen LogP contribution is -2.65. The Morgan fingerprint density at radius 3 is 1.51 bits per heavy atom. The maximum absolute atomic E-state index is 14.5. The number of hydrogen-bond donors (Lipinski definition) is 16. The number of aromatic amines is 1. The van der Waals surface area contributed by atoms with Crippen LogP contribution in [0.3, 0.4) is 0 Å². The van der Waals surface area contributed by atoms with Crippen LogP contribution in [0.1, 0.15) is 129 Å². The molecule has 0 saturated heterocycles. The number of phenolic OH excluding ortho intramolecular Hbond substituents is 1. The van der Waals surface area contributed by atoms with Crippen molar-refractivity contribution in [3.63, 3.8) is 0 Å². The van der Waals surface area contributed by atoms with E-state index in [4.69, 9.17) is 17.2 Å². The van der Waals surface area contributed by atoms with Gasteiger partial charge in [-0.2, -0.15) is 0 Å². The second-order valence-electron chi connectivity index (χ2n) is 21.6. The number of unbranched alkanes of at least 4 members (excludes halogenated alkanes) is 2. The summed E-state index contributed by atoms with van der Waals surface area (Å²) in [6.45, 7) is 13.3. The lowest BCUT2D eigenvalue weighted by atomic mass is 9.91. The Hall–Kier alpha value is -9.22. The minimum absolute atomic E-state index is 0.0525. The summed E-state index contributed by atoms with van der Waals surface area (Å²) in [5.74, 6) is -15.1. The Labute approximate surface area is 496 Å². The summed E-state index contributed by atoms with van der Waals surface area (Å²) in [6.07, 6.45) is 1.78. The third-order valence-corrected chi connectivity index (χ3v) is 13.5. The van der Waals surface area contributed by atoms with Gasteiger partial charge < -0.3 is 85.1 Å². The topological polar surface area (TPSA) is 506 Å². The standard InChI is InChI=1S/C56H83N13O17/c1-7-9-11-23-55(5,68-51(83)38(19-22-44(74)75)63-47(79)35(57)27-33-29-60-30-61-33)53(85)66-37(18-21-43(72)73)48(80)65-41(28-45(76)77)50(82)64-39(25-31(3)4)52(84)69-56(6,24-12-10-8-2)54(86)67-40(26-32-13-15-34(70)16-14-32)49(81)62-36(46(59)78)17-20-42(58)71/h7-8,13-16,29-31,35-41,70H,1-2,9-12,17-28,57H2,3-6H3,(H2,58,71)(H2,59,78)(H,60,61)(H,62,81)(H,63,79)(H,64,82)(H,65,80)(H,66,85)(H,67,86)(H,68,83)(H,69,84)(H,72,73)(H,74,75)(H,76,77)/t35-,36-,37-,38-,39-,40-,41-,55-,56-/m0/s1. The predicted molar refractivity (Wildman–Crippen MR) is 308 cm³/mol. The van der Waals surface area contributed by atoms with Crippen molar-refractivity contribution in [3.8, 4) is 5.75 Å². The number of amides is 10. The molecule has 9 atom stereocenters. The highest BCUT2D eigenvalue weighted by Gasteiger charge is 2.42. The highest BCUT2D eigenvalue weighted by molar-refractivity contribution is 6.00. The van der Waals surface area contributed by atoms with E-state index in [0.717, 1.165) is 0 Å². The van der Waals surface area contributed by atoms with Crippen molar-refractivity contribution >= 4 is 77.0 Å². The summed E-state index contributed by atoms with van der Waals surface area (Å²) in [5.41, 5.74) is 13.8. The van der Waals surface area contributed by atoms with E-state index in [-0.39, 0.29) is 70.0 Å². The smallest absolute Gasteiger partial charge is 0.305 e. The normalized spacial score (nSPS) is 14.9. The zero-order chi connectivity index (χ0) is 64.9. The Kier molecular flexibility index (Phi) is 30.3. The molecule has 30 nitrogen and oxygen atoms in total. The largest absolute Gasteiger partial charge is 0.508 e. The average Bonchev–Trinajstić information content (AvgIpc) is 1.93. The van der Waals surface area contributed by atoms with Gasteiger partial charge in [-0.1, -0.05) is 38.1 Å². The Bertz CT molecular complexity index is 2720. The summed E-state index contributed by atoms with van der Waals surface area (Å²) >= 11 is 0. The zero-order valence-corrected chi connectivity index (χ0v) is 48.7. The molecule has 1 aromatic carbocycles. The van der Waals surface area contributed by atoms with Crippen LogP contribution in [0.4, 0.5) is 0 Å². The van der Waals surface area contributed by atoms with E-state index in [1.54, 1.807) is 19.9 Å². The fourth-order valence-corrected chi connectivity index (χ4v) is 8.65. The molecule has 2 aromatic rings. The highest BCUT2D eigenvalue weighted by Crippen LogP contribution is 2.21. The van der Waals surface area contributed by atoms with Gasteiger partial charge in [0.2, 0.25) is 59.1 Å². The lowest BCUT2D eigenvalue weighted by Gasteiger charge is -2.34. The first-order valence-electron chi connectivity index (χ1n) is 27.8. The number of phenols is 1. The number of carboxylic acids is 3. The van der Waals surface area contributed by atoms with E-state index in [9.17, 15) is 82.8 Å². The van der Waals surface area contributed by atoms with Crippen LogP contribution in [0.25, 0.3) is 0 Å². The monoisotopic (exact) mass is 1210 g/mol. The van der Waals surface area contributed by atoms with Gasteiger partial charge in [0, 0.05) is 44.0 Å². The minimum Gasteiger partial charge on any atom is -0.508 e. The number of aromatic hydroxyl groups is 1. The van der Waals surface area contributed by atoms with Crippen molar-refractivity contribution in [2.45, 2.75) is 184 Å². The number of imidazole rings is 1. The van der Waals surface area contributed by atoms with E-state index in [1.165, 1.54) is 56.7 Å². The molecule has 0 fully saturated rings. The van der Waals surface area contributed by atoms with Gasteiger partial charge in [0.25, 0.3) is 0 Å². The summed E-state index contributed by atoms with van der Waals surface area (Å²) in [5, 5.41) is 58.8. The van der Waals surface area contributed by atoms with E-state index in [0.29, 0.717) is 17.7 Å². The van der Waals surface area contributed by atoms with Gasteiger partial charge in [0.15, 0.2) is 0 Å². The molecule has 19 N–H and O–H groups in total. The van der Waals surface area contributed by atoms with E-state index < -0.39 is 168 Å². The molecule has 0 radical (unpaired) electrons. The van der Waals surface area contributed by atoms with E-state index in [1.807, 2.05) is 0 Å². The van der Waals surface area contributed by atoms with Crippen LogP contribution < -0.4 is 59.7 Å². The number of primary amides is 2. The number of H-pyrrole nitrogens is 1. The first-order valence-corrected chi connectivity index (χ1v) is 27.8. The number of allylic oxidation sites excluding steroid dienone is 2. The van der Waals surface area contributed by atoms with Crippen molar-refractivity contribution < 1.29 is 82.8 Å². The van der Waals surface area contributed by atoms with Crippen LogP contribution in [0.15, 0.2) is 62.1 Å². The molecule has 0 aliphatic rings. The summed E-state index contributed by atoms with van der Waals surface area (Å²) in [4.78, 5) is 179. The third kappa shape index (κ3) is 26.1. The summed E-state index contributed by atoms with van der Waals surface area (Å²) in [6, 6.07) is -5.62. The van der Waals surface area contributed by atoms with Crippen molar-refractivity contribution in [3.05, 3.63) is 73.4 Å². The number of carboxylic acid groups (broad SMARTS) is 3. The number of rotatable bonds is 42. The maximum Gasteiger partial charge on any atom is 0.305 e. The number of nitrogens with one attached hydrogen (secondary N) is 9. The van der Waals surface area contributed by atoms with Crippen LogP contribution in [-0.2, 0) is 75.2 Å². The fourth-order valence-electron chi connectivity index (χ4n) is 8.65. The maximum atomic E-state index is 14.5. The molecule has 1 aromatic heterocycles. The van der Waals surface area contributed by atoms with Crippen LogP contribution in [-0.4, -0.2) is 161 Å². The number of carbonyl (C=O) groups is 13. The fraction of sp³-hybridized carbons (Fsp3) is 0.536. The quantitative estimate of drug-likeness (QED) is 0.0268. The van der Waals surface area contributed by atoms with Gasteiger partial charge in [-0.25, -0.2) is 4.98 Å². The first-order chi connectivity index (χ1) is 40.3. The summed E-state index contributed by atoms with van der Waals surface area (Å²) in [7, 11) is 0. The SMILES string of the molecule is C=CCCC[C@](C)(NC(=O)[C@H](CC(C)C)NC(=O)[C@H](CC(=O)O)NC(=O)[C@H](CCC(=O)O)NC(=O)[C@](C)(CCCC=C)NC(=O)[C@H](CCC(=O)O)NC(=O)[C@@H](N)Cc1cnc[nH]1)C(=O)N[C@@H](Cc1ccc(O)cc1)C(=O)N[C@@H](CCC(N)=O)C(N)=O. The number of benzene rings is 1. The molecule has 1 heterocycles. The van der Waals surface area contributed by atoms with Gasteiger partial charge in [-0.05, 0) is 102 Å². The van der Waals surface area contributed by atoms with E-state index >= 15 is 0 Å². The molecular formula is C56H83N13O17. The zero-order valence-electron chi connectivity index (χ0n) is 48.7. The molecule has 2 rings (SSSR count). The second kappa shape index (κ2) is 35.8. The molecular weight excluding hydrogens is 1130 g/mol. The van der Waals surface area contributed by atoms with Gasteiger partial charge in [0.05, 0.1) is 18.8 Å². The third-order valence-electron chi connectivity index (χ3n) is 13.5. The molecule has 86 heavy (non-hydrogen) atoms. The van der Waals surface area contributed by atoms with Gasteiger partial charge in [-0.15, -0.1) is 13.2 Å². The van der Waals surface area contributed by atoms with Crippen LogP contribution in [0.2, 0.25) is 0 Å². The van der Waals surface area contributed by atoms with Gasteiger partial charge in [-0.3, -0.25) is 62.3 Å². The summed E-state index contributed by atoms with van der Waals surface area (Å²) < 4.78 is 0.